The summed E-state index contributed by atoms with van der Waals surface area (Å²) in [6, 6.07) is 9.70. The van der Waals surface area contributed by atoms with Crippen molar-refractivity contribution in [3.05, 3.63) is 59.2 Å². The first-order chi connectivity index (χ1) is 12.3. The summed E-state index contributed by atoms with van der Waals surface area (Å²) < 4.78 is 50.1. The molecule has 3 rings (SSSR count). The fourth-order valence-corrected chi connectivity index (χ4v) is 2.83. The number of hydrogen-bond donors (Lipinski definition) is 1. The molecule has 0 fully saturated rings. The van der Waals surface area contributed by atoms with Crippen LogP contribution in [0.3, 0.4) is 0 Å². The van der Waals surface area contributed by atoms with Crippen LogP contribution in [0.1, 0.15) is 29.5 Å². The molecule has 2 aromatic carbocycles. The lowest BCUT2D eigenvalue weighted by atomic mass is 9.86. The predicted octanol–water partition coefficient (Wildman–Crippen LogP) is 4.22. The van der Waals surface area contributed by atoms with E-state index >= 15 is 0 Å². The van der Waals surface area contributed by atoms with Crippen LogP contribution in [-0.2, 0) is 15.7 Å². The topological polar surface area (TPSA) is 64.6 Å². The number of hydrogen-bond acceptors (Lipinski definition) is 4. The fourth-order valence-electron chi connectivity index (χ4n) is 2.83. The Morgan fingerprint density at radius 3 is 2.50 bits per heavy atom. The van der Waals surface area contributed by atoms with Crippen LogP contribution in [0.15, 0.2) is 42.5 Å². The SMILES string of the molecule is CCOC(=O)NC(=O)C1c2ccccc2Oc2c1cccc2C(F)(F)F. The highest BCUT2D eigenvalue weighted by Crippen LogP contribution is 2.49. The van der Waals surface area contributed by atoms with E-state index in [1.807, 2.05) is 0 Å². The smallest absolute Gasteiger partial charge is 0.419 e. The lowest BCUT2D eigenvalue weighted by molar-refractivity contribution is -0.138. The number of amides is 2. The molecule has 0 radical (unpaired) electrons. The number of alkyl carbamates (subject to hydrolysis) is 1. The molecule has 1 unspecified atom stereocenters. The highest BCUT2D eigenvalue weighted by atomic mass is 19.4. The Morgan fingerprint density at radius 1 is 1.12 bits per heavy atom. The number of alkyl halides is 3. The van der Waals surface area contributed by atoms with E-state index in [0.717, 1.165) is 6.07 Å². The molecule has 1 aliphatic heterocycles. The minimum absolute atomic E-state index is 0.0281. The van der Waals surface area contributed by atoms with Crippen LogP contribution in [0, 0.1) is 0 Å². The lowest BCUT2D eigenvalue weighted by Crippen LogP contribution is -2.36. The Morgan fingerprint density at radius 2 is 1.81 bits per heavy atom. The van der Waals surface area contributed by atoms with Gasteiger partial charge in [0.1, 0.15) is 11.5 Å². The molecular weight excluding hydrogens is 351 g/mol. The van der Waals surface area contributed by atoms with E-state index in [0.29, 0.717) is 5.56 Å². The zero-order chi connectivity index (χ0) is 18.9. The molecule has 0 saturated carbocycles. The molecule has 2 amide bonds. The number of fused-ring (bicyclic) bond motifs is 2. The van der Waals surface area contributed by atoms with Gasteiger partial charge in [-0.3, -0.25) is 10.1 Å². The number of benzene rings is 2. The van der Waals surface area contributed by atoms with Crippen molar-refractivity contribution < 1.29 is 32.2 Å². The summed E-state index contributed by atoms with van der Waals surface area (Å²) in [7, 11) is 0. The van der Waals surface area contributed by atoms with Crippen LogP contribution >= 0.6 is 0 Å². The quantitative estimate of drug-likeness (QED) is 0.866. The summed E-state index contributed by atoms with van der Waals surface area (Å²) in [5, 5.41) is 2.05. The first-order valence-corrected chi connectivity index (χ1v) is 7.77. The summed E-state index contributed by atoms with van der Waals surface area (Å²) in [4.78, 5) is 24.2. The van der Waals surface area contributed by atoms with Crippen LogP contribution in [-0.4, -0.2) is 18.6 Å². The van der Waals surface area contributed by atoms with Gasteiger partial charge in [0.15, 0.2) is 0 Å². The van der Waals surface area contributed by atoms with Gasteiger partial charge in [-0.1, -0.05) is 30.3 Å². The standard InChI is InChI=1S/C18H14F3NO4/c1-2-25-17(24)22-16(23)14-10-6-3-4-9-13(10)26-15-11(14)7-5-8-12(15)18(19,20)21/h3-9,14H,2H2,1H3,(H,22,23,24). The number of imide groups is 1. The lowest BCUT2D eigenvalue weighted by Gasteiger charge is -2.29. The second kappa shape index (κ2) is 6.70. The van der Waals surface area contributed by atoms with Gasteiger partial charge >= 0.3 is 12.3 Å². The zero-order valence-electron chi connectivity index (χ0n) is 13.6. The number of nitrogens with one attached hydrogen (secondary N) is 1. The first-order valence-electron chi connectivity index (χ1n) is 7.77. The van der Waals surface area contributed by atoms with Crippen molar-refractivity contribution in [1.82, 2.24) is 5.32 Å². The van der Waals surface area contributed by atoms with Gasteiger partial charge in [0, 0.05) is 11.1 Å². The summed E-state index contributed by atoms with van der Waals surface area (Å²) in [6.45, 7) is 1.62. The number of carbonyl (C=O) groups excluding carboxylic acids is 2. The molecule has 5 nitrogen and oxygen atoms in total. The molecule has 8 heteroatoms. The van der Waals surface area contributed by atoms with Gasteiger partial charge in [0.2, 0.25) is 5.91 Å². The maximum Gasteiger partial charge on any atom is 0.419 e. The van der Waals surface area contributed by atoms with Gasteiger partial charge in [-0.05, 0) is 19.1 Å². The Kier molecular flexibility index (Phi) is 4.58. The average Bonchev–Trinajstić information content (AvgIpc) is 2.58. The molecule has 0 aliphatic carbocycles. The van der Waals surface area contributed by atoms with Crippen molar-refractivity contribution >= 4 is 12.0 Å². The van der Waals surface area contributed by atoms with E-state index in [4.69, 9.17) is 4.74 Å². The monoisotopic (exact) mass is 365 g/mol. The largest absolute Gasteiger partial charge is 0.456 e. The van der Waals surface area contributed by atoms with Crippen molar-refractivity contribution in [2.45, 2.75) is 19.0 Å². The van der Waals surface area contributed by atoms with Crippen molar-refractivity contribution in [2.75, 3.05) is 6.61 Å². The van der Waals surface area contributed by atoms with Gasteiger partial charge in [0.05, 0.1) is 18.1 Å². The molecule has 1 aliphatic rings. The van der Waals surface area contributed by atoms with Crippen LogP contribution in [0.5, 0.6) is 11.5 Å². The number of rotatable bonds is 2. The van der Waals surface area contributed by atoms with Crippen molar-refractivity contribution in [2.24, 2.45) is 0 Å². The first kappa shape index (κ1) is 17.8. The van der Waals surface area contributed by atoms with Crippen LogP contribution in [0.25, 0.3) is 0 Å². The van der Waals surface area contributed by atoms with E-state index in [1.54, 1.807) is 25.1 Å². The van der Waals surface area contributed by atoms with Crippen molar-refractivity contribution in [3.63, 3.8) is 0 Å². The van der Waals surface area contributed by atoms with Gasteiger partial charge in [-0.15, -0.1) is 0 Å². The summed E-state index contributed by atoms with van der Waals surface area (Å²) in [5.74, 6) is -2.25. The zero-order valence-corrected chi connectivity index (χ0v) is 13.6. The van der Waals surface area contributed by atoms with Gasteiger partial charge in [-0.2, -0.15) is 13.2 Å². The second-order valence-electron chi connectivity index (χ2n) is 5.50. The fraction of sp³-hybridized carbons (Fsp3) is 0.222. The van der Waals surface area contributed by atoms with Gasteiger partial charge in [-0.25, -0.2) is 4.79 Å². The predicted molar refractivity (Wildman–Crippen MR) is 85.0 cm³/mol. The highest BCUT2D eigenvalue weighted by molar-refractivity contribution is 5.98. The maximum atomic E-state index is 13.3. The molecular formula is C18H14F3NO4. The third-order valence-electron chi connectivity index (χ3n) is 3.87. The normalized spacial score (nSPS) is 15.3. The van der Waals surface area contributed by atoms with Crippen molar-refractivity contribution in [3.8, 4) is 11.5 Å². The van der Waals surface area contributed by atoms with Crippen LogP contribution < -0.4 is 10.1 Å². The molecule has 0 saturated heterocycles. The van der Waals surface area contributed by atoms with E-state index in [9.17, 15) is 22.8 Å². The molecule has 0 bridgehead atoms. The van der Waals surface area contributed by atoms with E-state index in [2.05, 4.69) is 10.1 Å². The molecule has 136 valence electrons. The molecule has 2 aromatic rings. The van der Waals surface area contributed by atoms with E-state index in [-0.39, 0.29) is 17.9 Å². The summed E-state index contributed by atoms with van der Waals surface area (Å²) >= 11 is 0. The van der Waals surface area contributed by atoms with Crippen LogP contribution in [0.2, 0.25) is 0 Å². The number of carbonyl (C=O) groups is 2. The Bertz CT molecular complexity index is 864. The van der Waals surface area contributed by atoms with E-state index < -0.39 is 35.4 Å². The Labute approximate surface area is 146 Å². The number of ether oxygens (including phenoxy) is 2. The van der Waals surface area contributed by atoms with E-state index in [1.165, 1.54) is 18.2 Å². The van der Waals surface area contributed by atoms with Crippen molar-refractivity contribution in [1.29, 1.82) is 0 Å². The molecule has 1 N–H and O–H groups in total. The van der Waals surface area contributed by atoms with Gasteiger partial charge < -0.3 is 9.47 Å². The summed E-state index contributed by atoms with van der Waals surface area (Å²) in [5.41, 5.74) is -0.597. The summed E-state index contributed by atoms with van der Waals surface area (Å²) in [6.07, 6.45) is -5.62. The number of para-hydroxylation sites is 2. The van der Waals surface area contributed by atoms with Crippen LogP contribution in [0.4, 0.5) is 18.0 Å². The molecule has 26 heavy (non-hydrogen) atoms. The molecule has 0 spiro atoms. The second-order valence-corrected chi connectivity index (χ2v) is 5.50. The molecule has 0 aromatic heterocycles. The average molecular weight is 365 g/mol. The Hall–Kier alpha value is -3.03. The third kappa shape index (κ3) is 3.22. The molecule has 1 heterocycles. The number of halogens is 3. The maximum absolute atomic E-state index is 13.3. The molecule has 1 atom stereocenters. The third-order valence-corrected chi connectivity index (χ3v) is 3.87. The Balaban J connectivity index is 2.11. The minimum Gasteiger partial charge on any atom is -0.456 e. The minimum atomic E-state index is -4.65. The highest BCUT2D eigenvalue weighted by Gasteiger charge is 2.41. The van der Waals surface area contributed by atoms with Gasteiger partial charge in [0.25, 0.3) is 0 Å².